The molecular formula is C11H16FN3O. The van der Waals surface area contributed by atoms with Gasteiger partial charge in [-0.1, -0.05) is 0 Å². The van der Waals surface area contributed by atoms with Crippen LogP contribution in [0.2, 0.25) is 0 Å². The van der Waals surface area contributed by atoms with Crippen LogP contribution in [0, 0.1) is 5.82 Å². The van der Waals surface area contributed by atoms with E-state index in [0.29, 0.717) is 12.2 Å². The van der Waals surface area contributed by atoms with Gasteiger partial charge in [0.15, 0.2) is 0 Å². The van der Waals surface area contributed by atoms with Crippen molar-refractivity contribution in [1.82, 2.24) is 0 Å². The summed E-state index contributed by atoms with van der Waals surface area (Å²) in [4.78, 5) is 10.8. The van der Waals surface area contributed by atoms with Crippen LogP contribution in [-0.2, 0) is 0 Å². The highest BCUT2D eigenvalue weighted by molar-refractivity contribution is 5.93. The monoisotopic (exact) mass is 225 g/mol. The fourth-order valence-electron chi connectivity index (χ4n) is 1.25. The largest absolute Gasteiger partial charge is 0.383 e. The van der Waals surface area contributed by atoms with E-state index in [1.165, 1.54) is 12.1 Å². The molecule has 5 heteroatoms. The lowest BCUT2D eigenvalue weighted by molar-refractivity contribution is 0.1000. The third kappa shape index (κ3) is 3.51. The van der Waals surface area contributed by atoms with Crippen LogP contribution in [0.4, 0.5) is 10.1 Å². The molecule has 1 aromatic rings. The van der Waals surface area contributed by atoms with Crippen molar-refractivity contribution in [3.8, 4) is 0 Å². The first-order valence-electron chi connectivity index (χ1n) is 5.09. The Bertz CT molecular complexity index is 379. The van der Waals surface area contributed by atoms with E-state index in [4.69, 9.17) is 11.5 Å². The van der Waals surface area contributed by atoms with Gasteiger partial charge >= 0.3 is 0 Å². The molecule has 0 fully saturated rings. The Labute approximate surface area is 93.8 Å². The number of halogens is 1. The molecule has 0 spiro atoms. The standard InChI is InChI=1S/C11H16FN3O/c1-7(13)4-5-15-10-3-2-8(11(14)16)6-9(10)12/h2-3,6-7,15H,4-5,13H2,1H3,(H2,14,16). The Morgan fingerprint density at radius 1 is 1.56 bits per heavy atom. The highest BCUT2D eigenvalue weighted by Gasteiger charge is 2.06. The Balaban J connectivity index is 2.64. The third-order valence-corrected chi connectivity index (χ3v) is 2.17. The van der Waals surface area contributed by atoms with E-state index in [1.54, 1.807) is 0 Å². The van der Waals surface area contributed by atoms with E-state index < -0.39 is 11.7 Å². The average molecular weight is 225 g/mol. The van der Waals surface area contributed by atoms with E-state index in [0.717, 1.165) is 12.5 Å². The van der Waals surface area contributed by atoms with Crippen molar-refractivity contribution in [2.45, 2.75) is 19.4 Å². The van der Waals surface area contributed by atoms with Crippen molar-refractivity contribution in [2.75, 3.05) is 11.9 Å². The molecule has 0 heterocycles. The highest BCUT2D eigenvalue weighted by Crippen LogP contribution is 2.15. The van der Waals surface area contributed by atoms with E-state index in [9.17, 15) is 9.18 Å². The average Bonchev–Trinajstić information content (AvgIpc) is 2.19. The molecule has 1 amide bonds. The molecule has 1 atom stereocenters. The van der Waals surface area contributed by atoms with E-state index in [1.807, 2.05) is 6.92 Å². The molecule has 4 nitrogen and oxygen atoms in total. The number of hydrogen-bond acceptors (Lipinski definition) is 3. The van der Waals surface area contributed by atoms with E-state index >= 15 is 0 Å². The van der Waals surface area contributed by atoms with Crippen molar-refractivity contribution < 1.29 is 9.18 Å². The zero-order valence-corrected chi connectivity index (χ0v) is 9.16. The molecule has 0 aromatic heterocycles. The quantitative estimate of drug-likeness (QED) is 0.701. The molecule has 0 aliphatic heterocycles. The molecule has 0 radical (unpaired) electrons. The lowest BCUT2D eigenvalue weighted by Crippen LogP contribution is -2.19. The molecule has 1 unspecified atom stereocenters. The molecule has 88 valence electrons. The van der Waals surface area contributed by atoms with Gasteiger partial charge in [-0.3, -0.25) is 4.79 Å². The smallest absolute Gasteiger partial charge is 0.248 e. The Hall–Kier alpha value is -1.62. The zero-order valence-electron chi connectivity index (χ0n) is 9.16. The van der Waals surface area contributed by atoms with Gasteiger partial charge in [-0.2, -0.15) is 0 Å². The molecule has 0 aliphatic rings. The number of amides is 1. The summed E-state index contributed by atoms with van der Waals surface area (Å²) in [6.07, 6.45) is 0.747. The number of carbonyl (C=O) groups is 1. The second kappa shape index (κ2) is 5.46. The number of carbonyl (C=O) groups excluding carboxylic acids is 1. The maximum absolute atomic E-state index is 13.4. The molecule has 16 heavy (non-hydrogen) atoms. The predicted octanol–water partition coefficient (Wildman–Crippen LogP) is 1.07. The maximum Gasteiger partial charge on any atom is 0.248 e. The van der Waals surface area contributed by atoms with Gasteiger partial charge in [-0.05, 0) is 31.5 Å². The van der Waals surface area contributed by atoms with Crippen LogP contribution in [-0.4, -0.2) is 18.5 Å². The molecular weight excluding hydrogens is 209 g/mol. The normalized spacial score (nSPS) is 12.2. The summed E-state index contributed by atoms with van der Waals surface area (Å²) < 4.78 is 13.4. The summed E-state index contributed by atoms with van der Waals surface area (Å²) >= 11 is 0. The summed E-state index contributed by atoms with van der Waals surface area (Å²) in [5.74, 6) is -1.12. The molecule has 1 rings (SSSR count). The Morgan fingerprint density at radius 3 is 2.75 bits per heavy atom. The van der Waals surface area contributed by atoms with E-state index in [2.05, 4.69) is 5.32 Å². The van der Waals surface area contributed by atoms with Gasteiger partial charge in [0.25, 0.3) is 0 Å². The second-order valence-electron chi connectivity index (χ2n) is 3.75. The number of rotatable bonds is 5. The minimum Gasteiger partial charge on any atom is -0.383 e. The van der Waals surface area contributed by atoms with Crippen LogP contribution in [0.5, 0.6) is 0 Å². The number of primary amides is 1. The topological polar surface area (TPSA) is 81.1 Å². The number of anilines is 1. The fourth-order valence-corrected chi connectivity index (χ4v) is 1.25. The van der Waals surface area contributed by atoms with Crippen molar-refractivity contribution in [2.24, 2.45) is 11.5 Å². The van der Waals surface area contributed by atoms with Gasteiger partial charge in [0, 0.05) is 18.2 Å². The van der Waals surface area contributed by atoms with Crippen LogP contribution >= 0.6 is 0 Å². The molecule has 0 bridgehead atoms. The highest BCUT2D eigenvalue weighted by atomic mass is 19.1. The van der Waals surface area contributed by atoms with Crippen LogP contribution in [0.25, 0.3) is 0 Å². The van der Waals surface area contributed by atoms with Crippen LogP contribution in [0.15, 0.2) is 18.2 Å². The summed E-state index contributed by atoms with van der Waals surface area (Å²) in [6, 6.07) is 4.17. The van der Waals surface area contributed by atoms with Crippen molar-refractivity contribution in [3.05, 3.63) is 29.6 Å². The van der Waals surface area contributed by atoms with Gasteiger partial charge in [-0.15, -0.1) is 0 Å². The first kappa shape index (κ1) is 12.4. The molecule has 0 saturated heterocycles. The molecule has 0 saturated carbocycles. The Kier molecular flexibility index (Phi) is 4.25. The van der Waals surface area contributed by atoms with Gasteiger partial charge in [0.2, 0.25) is 5.91 Å². The summed E-state index contributed by atoms with van der Waals surface area (Å²) in [5.41, 5.74) is 11.1. The van der Waals surface area contributed by atoms with Gasteiger partial charge in [0.05, 0.1) is 5.69 Å². The van der Waals surface area contributed by atoms with Crippen LogP contribution in [0.3, 0.4) is 0 Å². The van der Waals surface area contributed by atoms with Gasteiger partial charge in [-0.25, -0.2) is 4.39 Å². The first-order chi connectivity index (χ1) is 7.50. The van der Waals surface area contributed by atoms with Crippen molar-refractivity contribution >= 4 is 11.6 Å². The maximum atomic E-state index is 13.4. The lowest BCUT2D eigenvalue weighted by atomic mass is 10.2. The third-order valence-electron chi connectivity index (χ3n) is 2.17. The van der Waals surface area contributed by atoms with Gasteiger partial charge < -0.3 is 16.8 Å². The van der Waals surface area contributed by atoms with Crippen molar-refractivity contribution in [1.29, 1.82) is 0 Å². The fraction of sp³-hybridized carbons (Fsp3) is 0.364. The summed E-state index contributed by atoms with van der Waals surface area (Å²) in [7, 11) is 0. The van der Waals surface area contributed by atoms with Crippen LogP contribution in [0.1, 0.15) is 23.7 Å². The Morgan fingerprint density at radius 2 is 2.25 bits per heavy atom. The second-order valence-corrected chi connectivity index (χ2v) is 3.75. The minimum atomic E-state index is -0.638. The van der Waals surface area contributed by atoms with Crippen molar-refractivity contribution in [3.63, 3.8) is 0 Å². The summed E-state index contributed by atoms with van der Waals surface area (Å²) in [6.45, 7) is 2.47. The molecule has 1 aromatic carbocycles. The number of nitrogens with two attached hydrogens (primary N) is 2. The zero-order chi connectivity index (χ0) is 12.1. The van der Waals surface area contributed by atoms with Crippen LogP contribution < -0.4 is 16.8 Å². The predicted molar refractivity (Wildman–Crippen MR) is 61.7 cm³/mol. The minimum absolute atomic E-state index is 0.0699. The number of benzene rings is 1. The van der Waals surface area contributed by atoms with Gasteiger partial charge in [0.1, 0.15) is 5.82 Å². The number of nitrogens with one attached hydrogen (secondary N) is 1. The molecule has 5 N–H and O–H groups in total. The first-order valence-corrected chi connectivity index (χ1v) is 5.09. The SMILES string of the molecule is CC(N)CCNc1ccc(C(N)=O)cc1F. The molecule has 0 aliphatic carbocycles. The number of hydrogen-bond donors (Lipinski definition) is 3. The van der Waals surface area contributed by atoms with E-state index in [-0.39, 0.29) is 11.6 Å². The lowest BCUT2D eigenvalue weighted by Gasteiger charge is -2.09. The summed E-state index contributed by atoms with van der Waals surface area (Å²) in [5, 5.41) is 2.90.